The number of rotatable bonds is 13. The molecule has 0 amide bonds. The van der Waals surface area contributed by atoms with Gasteiger partial charge >= 0.3 is 17.9 Å². The Morgan fingerprint density at radius 3 is 1.92 bits per heavy atom. The summed E-state index contributed by atoms with van der Waals surface area (Å²) in [4.78, 5) is 36.2. The molecule has 2 aromatic rings. The van der Waals surface area contributed by atoms with Gasteiger partial charge in [0.25, 0.3) is 0 Å². The van der Waals surface area contributed by atoms with E-state index < -0.39 is 48.3 Å². The minimum absolute atomic E-state index is 0.197. The van der Waals surface area contributed by atoms with E-state index >= 15 is 0 Å². The Kier molecular flexibility index (Phi) is 12.1. The van der Waals surface area contributed by atoms with Crippen LogP contribution < -0.4 is 5.32 Å². The van der Waals surface area contributed by atoms with Crippen LogP contribution in [-0.2, 0) is 51.3 Å². The lowest BCUT2D eigenvalue weighted by molar-refractivity contribution is -0.197. The second-order valence-electron chi connectivity index (χ2n) is 9.18. The van der Waals surface area contributed by atoms with E-state index in [2.05, 4.69) is 5.32 Å². The van der Waals surface area contributed by atoms with Gasteiger partial charge in [-0.25, -0.2) is 4.79 Å². The summed E-state index contributed by atoms with van der Waals surface area (Å²) in [5.74, 6) is -1.46. The molecule has 1 saturated heterocycles. The molecule has 0 spiro atoms. The Morgan fingerprint density at radius 2 is 1.36 bits per heavy atom. The summed E-state index contributed by atoms with van der Waals surface area (Å²) in [6, 6.07) is 18.3. The largest absolute Gasteiger partial charge is 0.463 e. The number of ether oxygens (including phenoxy) is 5. The van der Waals surface area contributed by atoms with Crippen molar-refractivity contribution in [1.29, 1.82) is 0 Å². The van der Waals surface area contributed by atoms with E-state index in [-0.39, 0.29) is 19.8 Å². The summed E-state index contributed by atoms with van der Waals surface area (Å²) in [5.41, 5.74) is 1.91. The molecule has 5 atom stereocenters. The van der Waals surface area contributed by atoms with Gasteiger partial charge in [0.1, 0.15) is 18.3 Å². The number of nitrogens with one attached hydrogen (secondary N) is 1. The molecule has 210 valence electrons. The van der Waals surface area contributed by atoms with Crippen molar-refractivity contribution in [2.24, 2.45) is 0 Å². The van der Waals surface area contributed by atoms with Crippen LogP contribution in [-0.4, -0.2) is 61.5 Å². The summed E-state index contributed by atoms with van der Waals surface area (Å²) < 4.78 is 28.8. The van der Waals surface area contributed by atoms with Gasteiger partial charge in [-0.05, 0) is 24.5 Å². The molecule has 0 aliphatic carbocycles. The third-order valence-corrected chi connectivity index (χ3v) is 6.10. The first kappa shape index (κ1) is 30.0. The van der Waals surface area contributed by atoms with Crippen molar-refractivity contribution >= 4 is 17.9 Å². The van der Waals surface area contributed by atoms with Gasteiger partial charge in [0.15, 0.2) is 0 Å². The lowest BCUT2D eigenvalue weighted by Gasteiger charge is -2.46. The summed E-state index contributed by atoms with van der Waals surface area (Å²) in [6.45, 7) is 5.41. The third kappa shape index (κ3) is 9.94. The normalized spacial score (nSPS) is 22.8. The fourth-order valence-corrected chi connectivity index (χ4v) is 4.47. The van der Waals surface area contributed by atoms with E-state index in [0.717, 1.165) is 11.1 Å². The molecule has 0 radical (unpaired) electrons. The topological polar surface area (TPSA) is 109 Å². The van der Waals surface area contributed by atoms with Gasteiger partial charge in [-0.15, -0.1) is 0 Å². The second kappa shape index (κ2) is 15.8. The van der Waals surface area contributed by atoms with E-state index in [1.54, 1.807) is 13.0 Å². The van der Waals surface area contributed by atoms with Crippen LogP contribution in [0.15, 0.2) is 72.8 Å². The number of hydrogen-bond donors (Lipinski definition) is 1. The second-order valence-corrected chi connectivity index (χ2v) is 9.18. The van der Waals surface area contributed by atoms with Gasteiger partial charge < -0.3 is 29.0 Å². The van der Waals surface area contributed by atoms with E-state index in [1.165, 1.54) is 19.9 Å². The SMILES string of the molecule is CCOC(=O)/C=C/C[C@H]1N[C@H](COCc2ccccc2)[C@@H](OC(C)=O)[C@H](OCc2ccccc2)[C@H]1OC(C)=O. The lowest BCUT2D eigenvalue weighted by atomic mass is 9.88. The molecule has 0 bridgehead atoms. The van der Waals surface area contributed by atoms with Gasteiger partial charge in [0.05, 0.1) is 38.5 Å². The highest BCUT2D eigenvalue weighted by atomic mass is 16.6. The summed E-state index contributed by atoms with van der Waals surface area (Å²) >= 11 is 0. The standard InChI is InChI=1S/C30H37NO8/c1-4-36-27(34)17-11-16-25-28(38-21(2)32)30(37-19-24-14-9-6-10-15-24)29(39-22(3)33)26(31-25)20-35-18-23-12-7-5-8-13-23/h5-15,17,25-26,28-31H,4,16,18-20H2,1-3H3/b17-11+/t25-,26-,28+,29-,30-/m1/s1. The van der Waals surface area contributed by atoms with Gasteiger partial charge in [-0.3, -0.25) is 9.59 Å². The molecule has 1 aliphatic heterocycles. The zero-order chi connectivity index (χ0) is 28.0. The Morgan fingerprint density at radius 1 is 0.795 bits per heavy atom. The van der Waals surface area contributed by atoms with Gasteiger partial charge in [0.2, 0.25) is 0 Å². The molecule has 2 aromatic carbocycles. The average Bonchev–Trinajstić information content (AvgIpc) is 2.91. The first-order valence-electron chi connectivity index (χ1n) is 13.1. The average molecular weight is 540 g/mol. The molecule has 3 rings (SSSR count). The first-order chi connectivity index (χ1) is 18.9. The van der Waals surface area contributed by atoms with Crippen LogP contribution in [0.4, 0.5) is 0 Å². The number of carbonyl (C=O) groups excluding carboxylic acids is 3. The van der Waals surface area contributed by atoms with Crippen LogP contribution in [0.1, 0.15) is 38.3 Å². The molecule has 1 heterocycles. The maximum Gasteiger partial charge on any atom is 0.330 e. The fraction of sp³-hybridized carbons (Fsp3) is 0.433. The number of benzene rings is 2. The third-order valence-electron chi connectivity index (χ3n) is 6.10. The molecule has 1 fully saturated rings. The minimum Gasteiger partial charge on any atom is -0.463 e. The van der Waals surface area contributed by atoms with Gasteiger partial charge in [0, 0.05) is 19.9 Å². The highest BCUT2D eigenvalue weighted by molar-refractivity contribution is 5.81. The molecule has 1 N–H and O–H groups in total. The van der Waals surface area contributed by atoms with Crippen LogP contribution in [0.5, 0.6) is 0 Å². The van der Waals surface area contributed by atoms with Crippen molar-refractivity contribution < 1.29 is 38.1 Å². The molecule has 0 saturated carbocycles. The molecular formula is C30H37NO8. The molecule has 1 aliphatic rings. The van der Waals surface area contributed by atoms with Crippen LogP contribution in [0.3, 0.4) is 0 Å². The van der Waals surface area contributed by atoms with Gasteiger partial charge in [-0.2, -0.15) is 0 Å². The maximum absolute atomic E-state index is 12.2. The smallest absolute Gasteiger partial charge is 0.330 e. The first-order valence-corrected chi connectivity index (χ1v) is 13.1. The molecule has 9 heteroatoms. The van der Waals surface area contributed by atoms with Crippen LogP contribution >= 0.6 is 0 Å². The highest BCUT2D eigenvalue weighted by Crippen LogP contribution is 2.28. The number of esters is 3. The van der Waals surface area contributed by atoms with Crippen molar-refractivity contribution in [2.75, 3.05) is 13.2 Å². The van der Waals surface area contributed by atoms with Crippen molar-refractivity contribution in [2.45, 2.75) is 70.8 Å². The molecular weight excluding hydrogens is 502 g/mol. The van der Waals surface area contributed by atoms with Gasteiger partial charge in [-0.1, -0.05) is 66.7 Å². The predicted molar refractivity (Wildman–Crippen MR) is 143 cm³/mol. The lowest BCUT2D eigenvalue weighted by Crippen LogP contribution is -2.68. The fourth-order valence-electron chi connectivity index (χ4n) is 4.47. The van der Waals surface area contributed by atoms with Crippen molar-refractivity contribution in [1.82, 2.24) is 5.32 Å². The zero-order valence-electron chi connectivity index (χ0n) is 22.6. The highest BCUT2D eigenvalue weighted by Gasteiger charge is 2.48. The van der Waals surface area contributed by atoms with Crippen molar-refractivity contribution in [3.63, 3.8) is 0 Å². The predicted octanol–water partition coefficient (Wildman–Crippen LogP) is 3.50. The number of carbonyl (C=O) groups is 3. The van der Waals surface area contributed by atoms with E-state index in [0.29, 0.717) is 13.0 Å². The monoisotopic (exact) mass is 539 g/mol. The summed E-state index contributed by atoms with van der Waals surface area (Å²) in [5, 5.41) is 3.42. The quantitative estimate of drug-likeness (QED) is 0.232. The minimum atomic E-state index is -0.812. The van der Waals surface area contributed by atoms with E-state index in [1.807, 2.05) is 60.7 Å². The molecule has 0 unspecified atom stereocenters. The Bertz CT molecular complexity index is 1070. The zero-order valence-corrected chi connectivity index (χ0v) is 22.6. The number of hydrogen-bond acceptors (Lipinski definition) is 9. The molecule has 9 nitrogen and oxygen atoms in total. The Labute approximate surface area is 229 Å². The van der Waals surface area contributed by atoms with Crippen LogP contribution in [0, 0.1) is 0 Å². The van der Waals surface area contributed by atoms with Crippen molar-refractivity contribution in [3.8, 4) is 0 Å². The molecule has 0 aromatic heterocycles. The van der Waals surface area contributed by atoms with E-state index in [9.17, 15) is 14.4 Å². The van der Waals surface area contributed by atoms with Crippen LogP contribution in [0.2, 0.25) is 0 Å². The summed E-state index contributed by atoms with van der Waals surface area (Å²) in [6.07, 6.45) is 0.905. The van der Waals surface area contributed by atoms with E-state index in [4.69, 9.17) is 23.7 Å². The maximum atomic E-state index is 12.2. The van der Waals surface area contributed by atoms with Crippen molar-refractivity contribution in [3.05, 3.63) is 83.9 Å². The Hall–Kier alpha value is -3.53. The summed E-state index contributed by atoms with van der Waals surface area (Å²) in [7, 11) is 0. The van der Waals surface area contributed by atoms with Crippen LogP contribution in [0.25, 0.3) is 0 Å². The molecule has 39 heavy (non-hydrogen) atoms. The number of piperidine rings is 1. The Balaban J connectivity index is 1.87.